The summed E-state index contributed by atoms with van der Waals surface area (Å²) >= 11 is 0. The van der Waals surface area contributed by atoms with Crippen LogP contribution in [0.2, 0.25) is 0 Å². The third kappa shape index (κ3) is 3.95. The Morgan fingerprint density at radius 3 is 2.13 bits per heavy atom. The van der Waals surface area contributed by atoms with Gasteiger partial charge >= 0.3 is 5.69 Å². The van der Waals surface area contributed by atoms with E-state index in [0.717, 1.165) is 15.8 Å². The average molecular weight is 405 g/mol. The summed E-state index contributed by atoms with van der Waals surface area (Å²) in [6, 6.07) is 18.9. The molecule has 2 aromatic carbocycles. The van der Waals surface area contributed by atoms with Gasteiger partial charge in [0.15, 0.2) is 0 Å². The van der Waals surface area contributed by atoms with Gasteiger partial charge in [-0.05, 0) is 17.7 Å². The summed E-state index contributed by atoms with van der Waals surface area (Å²) in [5, 5.41) is 4.13. The third-order valence-electron chi connectivity index (χ3n) is 5.29. The van der Waals surface area contributed by atoms with E-state index in [2.05, 4.69) is 22.1 Å². The predicted octanol–water partition coefficient (Wildman–Crippen LogP) is 0.889. The number of hydrogen-bond donors (Lipinski definition) is 0. The lowest BCUT2D eigenvalue weighted by molar-refractivity contribution is 0.0617. The van der Waals surface area contributed by atoms with Crippen LogP contribution in [0.4, 0.5) is 0 Å². The SMILES string of the molecule is Cn1c(=O)c(C(=O)N2CCN(Cc3ccccc3)CC2)nn(-c2ccccc2)c1=O. The molecule has 0 atom stereocenters. The Morgan fingerprint density at radius 1 is 0.900 bits per heavy atom. The quantitative estimate of drug-likeness (QED) is 0.644. The zero-order valence-electron chi connectivity index (χ0n) is 16.8. The van der Waals surface area contributed by atoms with Gasteiger partial charge in [-0.2, -0.15) is 9.78 Å². The van der Waals surface area contributed by atoms with Gasteiger partial charge < -0.3 is 4.90 Å². The van der Waals surface area contributed by atoms with E-state index in [1.54, 1.807) is 29.2 Å². The molecular formula is C22H23N5O3. The molecule has 154 valence electrons. The lowest BCUT2D eigenvalue weighted by Gasteiger charge is -2.34. The first-order valence-electron chi connectivity index (χ1n) is 9.86. The maximum Gasteiger partial charge on any atom is 0.351 e. The molecule has 3 aromatic rings. The molecular weight excluding hydrogens is 382 g/mol. The Balaban J connectivity index is 1.53. The van der Waals surface area contributed by atoms with Crippen molar-refractivity contribution in [2.45, 2.75) is 6.54 Å². The number of aromatic nitrogens is 3. The monoisotopic (exact) mass is 405 g/mol. The number of para-hydroxylation sites is 1. The Morgan fingerprint density at radius 2 is 1.50 bits per heavy atom. The number of nitrogens with zero attached hydrogens (tertiary/aromatic N) is 5. The van der Waals surface area contributed by atoms with Crippen LogP contribution in [-0.4, -0.2) is 56.2 Å². The van der Waals surface area contributed by atoms with Crippen molar-refractivity contribution in [3.63, 3.8) is 0 Å². The van der Waals surface area contributed by atoms with Gasteiger partial charge in [0.25, 0.3) is 11.5 Å². The van der Waals surface area contributed by atoms with Gasteiger partial charge in [-0.1, -0.05) is 48.5 Å². The van der Waals surface area contributed by atoms with Crippen LogP contribution in [-0.2, 0) is 13.6 Å². The second-order valence-corrected chi connectivity index (χ2v) is 7.30. The zero-order chi connectivity index (χ0) is 21.1. The smallest absolute Gasteiger partial charge is 0.335 e. The molecule has 30 heavy (non-hydrogen) atoms. The Kier molecular flexibility index (Phi) is 5.58. The first-order chi connectivity index (χ1) is 14.5. The normalized spacial score (nSPS) is 14.6. The van der Waals surface area contributed by atoms with Gasteiger partial charge in [0.2, 0.25) is 5.69 Å². The molecule has 0 N–H and O–H groups in total. The molecule has 0 unspecified atom stereocenters. The van der Waals surface area contributed by atoms with Crippen molar-refractivity contribution in [3.05, 3.63) is 92.8 Å². The Bertz CT molecular complexity index is 1150. The van der Waals surface area contributed by atoms with E-state index >= 15 is 0 Å². The molecule has 0 aliphatic carbocycles. The van der Waals surface area contributed by atoms with E-state index in [0.29, 0.717) is 31.9 Å². The molecule has 0 bridgehead atoms. The van der Waals surface area contributed by atoms with Gasteiger partial charge in [0.1, 0.15) is 0 Å². The fraction of sp³-hybridized carbons (Fsp3) is 0.273. The highest BCUT2D eigenvalue weighted by Crippen LogP contribution is 2.10. The topological polar surface area (TPSA) is 80.4 Å². The van der Waals surface area contributed by atoms with Crippen molar-refractivity contribution in [1.29, 1.82) is 0 Å². The van der Waals surface area contributed by atoms with Gasteiger partial charge in [0.05, 0.1) is 5.69 Å². The van der Waals surface area contributed by atoms with Gasteiger partial charge in [-0.25, -0.2) is 4.79 Å². The molecule has 1 amide bonds. The van der Waals surface area contributed by atoms with Crippen LogP contribution in [0.15, 0.2) is 70.3 Å². The molecule has 1 aromatic heterocycles. The highest BCUT2D eigenvalue weighted by Gasteiger charge is 2.27. The number of hydrogen-bond acceptors (Lipinski definition) is 5. The van der Waals surface area contributed by atoms with Gasteiger partial charge in [-0.3, -0.25) is 19.1 Å². The lowest BCUT2D eigenvalue weighted by atomic mass is 10.2. The Hall–Kier alpha value is -3.52. The minimum absolute atomic E-state index is 0.238. The molecule has 2 heterocycles. The Labute approximate surface area is 173 Å². The standard InChI is InChI=1S/C22H23N5O3/c1-24-20(28)19(23-27(22(24)30)18-10-6-3-7-11-18)21(29)26-14-12-25(13-15-26)16-17-8-4-2-5-9-17/h2-11H,12-16H2,1H3. The fourth-order valence-corrected chi connectivity index (χ4v) is 3.55. The van der Waals surface area contributed by atoms with Crippen LogP contribution in [0, 0.1) is 0 Å². The zero-order valence-corrected chi connectivity index (χ0v) is 16.8. The number of carbonyl (C=O) groups excluding carboxylic acids is 1. The first-order valence-corrected chi connectivity index (χ1v) is 9.86. The van der Waals surface area contributed by atoms with Crippen LogP contribution >= 0.6 is 0 Å². The molecule has 0 spiro atoms. The summed E-state index contributed by atoms with van der Waals surface area (Å²) < 4.78 is 2.03. The van der Waals surface area contributed by atoms with Crippen LogP contribution in [0.25, 0.3) is 5.69 Å². The molecule has 4 rings (SSSR count). The van der Waals surface area contributed by atoms with Gasteiger partial charge in [-0.15, -0.1) is 0 Å². The van der Waals surface area contributed by atoms with Crippen LogP contribution in [0.1, 0.15) is 16.1 Å². The second kappa shape index (κ2) is 8.46. The van der Waals surface area contributed by atoms with E-state index < -0.39 is 17.2 Å². The minimum Gasteiger partial charge on any atom is -0.335 e. The minimum atomic E-state index is -0.677. The second-order valence-electron chi connectivity index (χ2n) is 7.30. The maximum absolute atomic E-state index is 13.0. The molecule has 1 aliphatic heterocycles. The van der Waals surface area contributed by atoms with E-state index in [9.17, 15) is 14.4 Å². The van der Waals surface area contributed by atoms with Gasteiger partial charge in [0, 0.05) is 39.8 Å². The predicted molar refractivity (Wildman–Crippen MR) is 113 cm³/mol. The van der Waals surface area contributed by atoms with Crippen LogP contribution in [0.3, 0.4) is 0 Å². The largest absolute Gasteiger partial charge is 0.351 e. The van der Waals surface area contributed by atoms with E-state index in [1.165, 1.54) is 12.6 Å². The van der Waals surface area contributed by atoms with Crippen LogP contribution in [0.5, 0.6) is 0 Å². The summed E-state index contributed by atoms with van der Waals surface area (Å²) in [6.45, 7) is 3.24. The van der Waals surface area contributed by atoms with Crippen molar-refractivity contribution in [3.8, 4) is 5.69 Å². The number of piperazine rings is 1. The van der Waals surface area contributed by atoms with E-state index in [-0.39, 0.29) is 5.69 Å². The summed E-state index contributed by atoms with van der Waals surface area (Å²) in [4.78, 5) is 42.0. The van der Waals surface area contributed by atoms with Crippen molar-refractivity contribution < 1.29 is 4.79 Å². The molecule has 1 saturated heterocycles. The molecule has 0 saturated carbocycles. The highest BCUT2D eigenvalue weighted by atomic mass is 16.2. The number of amides is 1. The maximum atomic E-state index is 13.0. The van der Waals surface area contributed by atoms with Crippen molar-refractivity contribution in [2.75, 3.05) is 26.2 Å². The summed E-state index contributed by atoms with van der Waals surface area (Å²) in [6.07, 6.45) is 0. The first kappa shape index (κ1) is 19.8. The van der Waals surface area contributed by atoms with E-state index in [4.69, 9.17) is 0 Å². The number of rotatable bonds is 4. The third-order valence-corrected chi connectivity index (χ3v) is 5.29. The number of benzene rings is 2. The fourth-order valence-electron chi connectivity index (χ4n) is 3.55. The van der Waals surface area contributed by atoms with Crippen molar-refractivity contribution in [1.82, 2.24) is 24.1 Å². The van der Waals surface area contributed by atoms with Crippen molar-refractivity contribution in [2.24, 2.45) is 7.05 Å². The number of carbonyl (C=O) groups is 1. The summed E-state index contributed by atoms with van der Waals surface area (Å²) in [7, 11) is 1.36. The highest BCUT2D eigenvalue weighted by molar-refractivity contribution is 5.91. The molecule has 0 radical (unpaired) electrons. The molecule has 8 nitrogen and oxygen atoms in total. The molecule has 1 aliphatic rings. The lowest BCUT2D eigenvalue weighted by Crippen LogP contribution is -2.51. The van der Waals surface area contributed by atoms with E-state index in [1.807, 2.05) is 24.3 Å². The average Bonchev–Trinajstić information content (AvgIpc) is 2.79. The van der Waals surface area contributed by atoms with Crippen LogP contribution < -0.4 is 11.2 Å². The summed E-state index contributed by atoms with van der Waals surface area (Å²) in [5.74, 6) is -0.445. The van der Waals surface area contributed by atoms with Crippen molar-refractivity contribution >= 4 is 5.91 Å². The summed E-state index contributed by atoms with van der Waals surface area (Å²) in [5.41, 5.74) is 0.222. The molecule has 8 heteroatoms. The molecule has 1 fully saturated rings.